The number of ether oxygens (including phenoxy) is 1. The van der Waals surface area contributed by atoms with Gasteiger partial charge < -0.3 is 10.1 Å². The first-order valence-electron chi connectivity index (χ1n) is 10.1. The Morgan fingerprint density at radius 2 is 1.85 bits per heavy atom. The summed E-state index contributed by atoms with van der Waals surface area (Å²) in [6.07, 6.45) is 1.24. The minimum absolute atomic E-state index is 0.139. The molecular weight excluding hydrogens is 497 g/mol. The molecule has 2 aromatic carbocycles. The number of benzene rings is 2. The first kappa shape index (κ1) is 23.7. The number of methoxy groups -OCH3 is 1. The van der Waals surface area contributed by atoms with Crippen molar-refractivity contribution >= 4 is 69.5 Å². The van der Waals surface area contributed by atoms with Crippen molar-refractivity contribution in [3.63, 3.8) is 0 Å². The highest BCUT2D eigenvalue weighted by molar-refractivity contribution is 7.80. The van der Waals surface area contributed by atoms with Gasteiger partial charge in [-0.25, -0.2) is 9.99 Å². The number of carbonyl (C=O) groups is 2. The van der Waals surface area contributed by atoms with Gasteiger partial charge in [-0.05, 0) is 54.7 Å². The number of halogens is 2. The average Bonchev–Trinajstić information content (AvgIpc) is 3.05. The molecule has 3 aromatic rings. The maximum absolute atomic E-state index is 13.5. The number of hydrogen-bond acceptors (Lipinski definition) is 6. The summed E-state index contributed by atoms with van der Waals surface area (Å²) in [6.45, 7) is 0. The van der Waals surface area contributed by atoms with E-state index in [9.17, 15) is 9.59 Å². The second kappa shape index (κ2) is 10.3. The Morgan fingerprint density at radius 3 is 2.50 bits per heavy atom. The van der Waals surface area contributed by atoms with Crippen molar-refractivity contribution in [2.24, 2.45) is 0 Å². The van der Waals surface area contributed by atoms with Gasteiger partial charge in [0.1, 0.15) is 11.8 Å². The van der Waals surface area contributed by atoms with Crippen LogP contribution in [-0.4, -0.2) is 40.1 Å². The van der Waals surface area contributed by atoms with E-state index >= 15 is 0 Å². The number of rotatable bonds is 7. The molecule has 34 heavy (non-hydrogen) atoms. The topological polar surface area (TPSA) is 86.8 Å². The molecule has 11 heteroatoms. The molecule has 174 valence electrons. The van der Waals surface area contributed by atoms with Crippen LogP contribution in [0.4, 0.5) is 17.2 Å². The normalized spacial score (nSPS) is 15.4. The van der Waals surface area contributed by atoms with Crippen molar-refractivity contribution in [3.8, 4) is 5.75 Å². The first-order chi connectivity index (χ1) is 16.4. The van der Waals surface area contributed by atoms with E-state index in [1.807, 2.05) is 6.07 Å². The summed E-state index contributed by atoms with van der Waals surface area (Å²) in [6, 6.07) is 16.4. The van der Waals surface area contributed by atoms with E-state index in [0.29, 0.717) is 22.1 Å². The Balaban J connectivity index is 1.63. The molecule has 1 fully saturated rings. The van der Waals surface area contributed by atoms with E-state index in [1.54, 1.807) is 55.6 Å². The minimum Gasteiger partial charge on any atom is -0.497 e. The predicted molar refractivity (Wildman–Crippen MR) is 136 cm³/mol. The summed E-state index contributed by atoms with van der Waals surface area (Å²) < 4.78 is 5.19. The fraction of sp³-hybridized carbons (Fsp3) is 0.130. The van der Waals surface area contributed by atoms with E-state index in [4.69, 9.17) is 40.2 Å². The number of para-hydroxylation sites is 1. The number of nitrogens with one attached hydrogen (secondary N) is 2. The summed E-state index contributed by atoms with van der Waals surface area (Å²) in [5, 5.41) is 4.93. The Morgan fingerprint density at radius 1 is 1.15 bits per heavy atom. The van der Waals surface area contributed by atoms with Crippen LogP contribution in [0.25, 0.3) is 0 Å². The minimum atomic E-state index is -0.952. The molecule has 4 rings (SSSR count). The Bertz CT molecular complexity index is 1230. The van der Waals surface area contributed by atoms with Gasteiger partial charge >= 0.3 is 0 Å². The molecule has 0 radical (unpaired) electrons. The number of pyridine rings is 1. The third-order valence-electron chi connectivity index (χ3n) is 5.02. The Kier molecular flexibility index (Phi) is 7.16. The van der Waals surface area contributed by atoms with Gasteiger partial charge in [-0.15, -0.1) is 0 Å². The number of carbonyl (C=O) groups excluding carboxylic acids is 2. The summed E-state index contributed by atoms with van der Waals surface area (Å²) in [5.74, 6) is 0.139. The zero-order chi connectivity index (χ0) is 24.2. The van der Waals surface area contributed by atoms with Crippen molar-refractivity contribution in [2.75, 3.05) is 22.8 Å². The highest BCUT2D eigenvalue weighted by atomic mass is 35.5. The highest BCUT2D eigenvalue weighted by Crippen LogP contribution is 2.31. The number of hydrazine groups is 1. The van der Waals surface area contributed by atoms with Crippen LogP contribution in [0.2, 0.25) is 10.0 Å². The molecule has 0 saturated carbocycles. The molecule has 0 aliphatic carbocycles. The van der Waals surface area contributed by atoms with Crippen LogP contribution in [0.5, 0.6) is 5.75 Å². The van der Waals surface area contributed by atoms with Crippen LogP contribution in [0.15, 0.2) is 66.9 Å². The smallest absolute Gasteiger partial charge is 0.258 e. The van der Waals surface area contributed by atoms with Gasteiger partial charge in [-0.2, -0.15) is 0 Å². The van der Waals surface area contributed by atoms with Gasteiger partial charge in [-0.1, -0.05) is 41.4 Å². The van der Waals surface area contributed by atoms with E-state index in [1.165, 1.54) is 22.2 Å². The number of hydrogen-bond donors (Lipinski definition) is 2. The molecule has 0 spiro atoms. The van der Waals surface area contributed by atoms with Gasteiger partial charge in [-0.3, -0.25) is 19.9 Å². The van der Waals surface area contributed by atoms with Crippen molar-refractivity contribution in [3.05, 3.63) is 76.9 Å². The lowest BCUT2D eigenvalue weighted by Gasteiger charge is -2.25. The molecule has 2 amide bonds. The van der Waals surface area contributed by atoms with E-state index < -0.39 is 6.04 Å². The number of thiocarbonyl (C=S) groups is 1. The van der Waals surface area contributed by atoms with E-state index in [2.05, 4.69) is 15.7 Å². The Hall–Kier alpha value is -3.40. The van der Waals surface area contributed by atoms with Crippen LogP contribution >= 0.6 is 35.4 Å². The molecule has 0 bridgehead atoms. The number of amides is 2. The van der Waals surface area contributed by atoms with Crippen molar-refractivity contribution in [2.45, 2.75) is 12.5 Å². The molecule has 1 aliphatic heterocycles. The van der Waals surface area contributed by atoms with Gasteiger partial charge in [0, 0.05) is 11.9 Å². The molecule has 1 aliphatic rings. The molecule has 2 N–H and O–H groups in total. The molecule has 1 atom stereocenters. The lowest BCUT2D eigenvalue weighted by molar-refractivity contribution is -0.124. The summed E-state index contributed by atoms with van der Waals surface area (Å²) in [5.41, 5.74) is 4.13. The monoisotopic (exact) mass is 515 g/mol. The SMILES string of the molecule is COc1ccc(N2C(=O)[C@H](CC(=O)Nc3ccccc3)N(Nc3ncc(Cl)cc3Cl)C2=S)cc1. The van der Waals surface area contributed by atoms with Gasteiger partial charge in [0.2, 0.25) is 11.0 Å². The number of aromatic nitrogens is 1. The zero-order valence-corrected chi connectivity index (χ0v) is 20.2. The predicted octanol–water partition coefficient (Wildman–Crippen LogP) is 4.76. The maximum atomic E-state index is 13.5. The number of anilines is 3. The molecule has 2 heterocycles. The Labute approximate surface area is 211 Å². The highest BCUT2D eigenvalue weighted by Gasteiger charge is 2.45. The third-order valence-corrected chi connectivity index (χ3v) is 5.89. The second-order valence-corrected chi connectivity index (χ2v) is 8.46. The fourth-order valence-electron chi connectivity index (χ4n) is 3.39. The first-order valence-corrected chi connectivity index (χ1v) is 11.3. The molecule has 8 nitrogen and oxygen atoms in total. The third kappa shape index (κ3) is 5.06. The lowest BCUT2D eigenvalue weighted by atomic mass is 10.1. The fourth-order valence-corrected chi connectivity index (χ4v) is 4.18. The second-order valence-electron chi connectivity index (χ2n) is 7.25. The van der Waals surface area contributed by atoms with Crippen LogP contribution in [0, 0.1) is 0 Å². The molecule has 0 unspecified atom stereocenters. The average molecular weight is 516 g/mol. The maximum Gasteiger partial charge on any atom is 0.258 e. The quantitative estimate of drug-likeness (QED) is 0.438. The molecular formula is C23H19Cl2N5O3S. The molecule has 1 saturated heterocycles. The van der Waals surface area contributed by atoms with Crippen LogP contribution in [0.1, 0.15) is 6.42 Å². The van der Waals surface area contributed by atoms with Gasteiger partial charge in [0.05, 0.1) is 29.3 Å². The summed E-state index contributed by atoms with van der Waals surface area (Å²) >= 11 is 17.8. The lowest BCUT2D eigenvalue weighted by Crippen LogP contribution is -2.42. The summed E-state index contributed by atoms with van der Waals surface area (Å²) in [7, 11) is 1.55. The van der Waals surface area contributed by atoms with Crippen LogP contribution < -0.4 is 20.4 Å². The van der Waals surface area contributed by atoms with E-state index in [-0.39, 0.29) is 34.2 Å². The van der Waals surface area contributed by atoms with Gasteiger partial charge in [0.15, 0.2) is 5.82 Å². The van der Waals surface area contributed by atoms with Gasteiger partial charge in [0.25, 0.3) is 5.91 Å². The summed E-state index contributed by atoms with van der Waals surface area (Å²) in [4.78, 5) is 31.8. The largest absolute Gasteiger partial charge is 0.497 e. The van der Waals surface area contributed by atoms with Crippen LogP contribution in [0.3, 0.4) is 0 Å². The number of nitrogens with zero attached hydrogens (tertiary/aromatic N) is 3. The molecule has 1 aromatic heterocycles. The van der Waals surface area contributed by atoms with Crippen LogP contribution in [-0.2, 0) is 9.59 Å². The standard InChI is InChI=1S/C23H19Cl2N5O3S/c1-33-17-9-7-16(8-10-17)29-22(32)19(12-20(31)27-15-5-3-2-4-6-15)30(23(29)34)28-21-18(25)11-14(24)13-26-21/h2-11,13,19H,12H2,1H3,(H,26,28)(H,27,31)/t19-/m0/s1. The zero-order valence-electron chi connectivity index (χ0n) is 17.9. The van der Waals surface area contributed by atoms with Crippen molar-refractivity contribution < 1.29 is 14.3 Å². The van der Waals surface area contributed by atoms with E-state index in [0.717, 1.165) is 0 Å². The van der Waals surface area contributed by atoms with Crippen molar-refractivity contribution in [1.29, 1.82) is 0 Å². The van der Waals surface area contributed by atoms with Crippen molar-refractivity contribution in [1.82, 2.24) is 9.99 Å².